The van der Waals surface area contributed by atoms with Crippen molar-refractivity contribution in [1.82, 2.24) is 4.98 Å². The van der Waals surface area contributed by atoms with Gasteiger partial charge in [-0.25, -0.2) is 4.98 Å². The van der Waals surface area contributed by atoms with Crippen LogP contribution in [0.5, 0.6) is 0 Å². The van der Waals surface area contributed by atoms with Gasteiger partial charge in [-0.3, -0.25) is 0 Å². The lowest BCUT2D eigenvalue weighted by molar-refractivity contribution is 0.842. The Morgan fingerprint density at radius 2 is 2.31 bits per heavy atom. The fourth-order valence-electron chi connectivity index (χ4n) is 1.39. The van der Waals surface area contributed by atoms with Gasteiger partial charge >= 0.3 is 0 Å². The molecule has 0 aliphatic rings. The molecule has 1 nitrogen and oxygen atoms in total. The summed E-state index contributed by atoms with van der Waals surface area (Å²) in [7, 11) is 0. The lowest BCUT2D eigenvalue weighted by atomic mass is 10.1. The summed E-state index contributed by atoms with van der Waals surface area (Å²) >= 11 is 1.70. The van der Waals surface area contributed by atoms with E-state index in [9.17, 15) is 0 Å². The Hall–Kier alpha value is -0.890. The quantitative estimate of drug-likeness (QED) is 0.722. The first kappa shape index (κ1) is 8.70. The summed E-state index contributed by atoms with van der Waals surface area (Å²) in [6.45, 7) is 3.84. The van der Waals surface area contributed by atoms with Gasteiger partial charge in [0.1, 0.15) is 0 Å². The number of hydrogen-bond donors (Lipinski definition) is 0. The number of rotatable bonds is 3. The van der Waals surface area contributed by atoms with Crippen molar-refractivity contribution in [1.29, 1.82) is 0 Å². The van der Waals surface area contributed by atoms with Crippen LogP contribution in [0.2, 0.25) is 0 Å². The van der Waals surface area contributed by atoms with Crippen molar-refractivity contribution in [3.63, 3.8) is 0 Å². The van der Waals surface area contributed by atoms with Gasteiger partial charge in [-0.2, -0.15) is 0 Å². The fourth-order valence-corrected chi connectivity index (χ4v) is 2.05. The molecule has 0 atom stereocenters. The van der Waals surface area contributed by atoms with Crippen LogP contribution in [0.1, 0.15) is 18.4 Å². The molecule has 1 aromatic carbocycles. The van der Waals surface area contributed by atoms with E-state index in [-0.39, 0.29) is 0 Å². The third-order valence-electron chi connectivity index (χ3n) is 2.11. The molecular weight excluding hydrogens is 178 g/mol. The van der Waals surface area contributed by atoms with E-state index in [2.05, 4.69) is 30.1 Å². The average Bonchev–Trinajstić information content (AvgIpc) is 2.61. The zero-order valence-electron chi connectivity index (χ0n) is 7.49. The molecule has 1 heterocycles. The number of benzene rings is 1. The van der Waals surface area contributed by atoms with Crippen molar-refractivity contribution in [3.05, 3.63) is 36.2 Å². The average molecular weight is 190 g/mol. The Morgan fingerprint density at radius 3 is 3.15 bits per heavy atom. The monoisotopic (exact) mass is 190 g/mol. The van der Waals surface area contributed by atoms with E-state index < -0.39 is 0 Å². The summed E-state index contributed by atoms with van der Waals surface area (Å²) in [5, 5.41) is 0. The van der Waals surface area contributed by atoms with Gasteiger partial charge in [-0.05, 0) is 30.5 Å². The maximum absolute atomic E-state index is 4.29. The summed E-state index contributed by atoms with van der Waals surface area (Å²) in [6, 6.07) is 6.53. The number of aromatic nitrogens is 1. The van der Waals surface area contributed by atoms with Gasteiger partial charge in [0.05, 0.1) is 15.7 Å². The zero-order chi connectivity index (χ0) is 9.10. The van der Waals surface area contributed by atoms with Crippen LogP contribution in [0.3, 0.4) is 0 Å². The molecule has 0 fully saturated rings. The van der Waals surface area contributed by atoms with Crippen molar-refractivity contribution in [2.24, 2.45) is 0 Å². The van der Waals surface area contributed by atoms with Crippen molar-refractivity contribution in [2.45, 2.75) is 19.3 Å². The smallest absolute Gasteiger partial charge is 0.0814 e. The van der Waals surface area contributed by atoms with Crippen molar-refractivity contribution in [2.75, 3.05) is 0 Å². The number of hydrogen-bond acceptors (Lipinski definition) is 2. The molecule has 1 aromatic heterocycles. The second-order valence-electron chi connectivity index (χ2n) is 3.11. The summed E-state index contributed by atoms with van der Waals surface area (Å²) in [5.74, 6) is 0. The van der Waals surface area contributed by atoms with Gasteiger partial charge in [0, 0.05) is 0 Å². The fraction of sp³-hybridized carbons (Fsp3) is 0.273. The molecule has 2 rings (SSSR count). The van der Waals surface area contributed by atoms with Gasteiger partial charge in [-0.1, -0.05) is 19.4 Å². The predicted octanol–water partition coefficient (Wildman–Crippen LogP) is 3.45. The highest BCUT2D eigenvalue weighted by atomic mass is 32.1. The Morgan fingerprint density at radius 1 is 1.38 bits per heavy atom. The maximum atomic E-state index is 4.29. The number of nitrogens with zero attached hydrogens (tertiary/aromatic N) is 1. The summed E-state index contributed by atoms with van der Waals surface area (Å²) in [6.07, 6.45) is 3.29. The molecule has 67 valence electrons. The number of unbranched alkanes of at least 4 members (excludes halogenated alkanes) is 1. The van der Waals surface area contributed by atoms with E-state index >= 15 is 0 Å². The third-order valence-corrected chi connectivity index (χ3v) is 2.92. The molecule has 0 unspecified atom stereocenters. The molecule has 2 heteroatoms. The van der Waals surface area contributed by atoms with Crippen LogP contribution in [0, 0.1) is 6.92 Å². The minimum Gasteiger partial charge on any atom is -0.245 e. The van der Waals surface area contributed by atoms with Crippen LogP contribution in [-0.4, -0.2) is 4.98 Å². The molecule has 0 aliphatic heterocycles. The molecular formula is C11H12NS. The maximum Gasteiger partial charge on any atom is 0.0814 e. The number of fused-ring (bicyclic) bond motifs is 1. The highest BCUT2D eigenvalue weighted by Crippen LogP contribution is 2.19. The van der Waals surface area contributed by atoms with E-state index in [1.54, 1.807) is 11.3 Å². The van der Waals surface area contributed by atoms with Crippen LogP contribution < -0.4 is 0 Å². The summed E-state index contributed by atoms with van der Waals surface area (Å²) < 4.78 is 1.28. The molecule has 1 radical (unpaired) electrons. The third kappa shape index (κ3) is 1.89. The molecule has 0 amide bonds. The van der Waals surface area contributed by atoms with Gasteiger partial charge < -0.3 is 0 Å². The van der Waals surface area contributed by atoms with Crippen LogP contribution in [0.25, 0.3) is 10.2 Å². The molecule has 0 saturated carbocycles. The molecule has 2 aromatic rings. The Bertz CT molecular complexity index is 392. The van der Waals surface area contributed by atoms with E-state index in [0.717, 1.165) is 24.8 Å². The largest absolute Gasteiger partial charge is 0.245 e. The SMILES string of the molecule is [CH2]CCCc1ccc2scnc2c1. The first-order valence-corrected chi connectivity index (χ1v) is 5.39. The van der Waals surface area contributed by atoms with Crippen LogP contribution in [-0.2, 0) is 6.42 Å². The second-order valence-corrected chi connectivity index (χ2v) is 4.00. The molecule has 0 bridgehead atoms. The molecule has 0 saturated heterocycles. The van der Waals surface area contributed by atoms with Crippen LogP contribution in [0.4, 0.5) is 0 Å². The topological polar surface area (TPSA) is 12.9 Å². The summed E-state index contributed by atoms with van der Waals surface area (Å²) in [5.41, 5.74) is 4.41. The van der Waals surface area contributed by atoms with Gasteiger partial charge in [0.15, 0.2) is 0 Å². The van der Waals surface area contributed by atoms with Gasteiger partial charge in [0.2, 0.25) is 0 Å². The molecule has 0 N–H and O–H groups in total. The molecule has 13 heavy (non-hydrogen) atoms. The zero-order valence-corrected chi connectivity index (χ0v) is 8.31. The first-order valence-electron chi connectivity index (χ1n) is 4.51. The molecule has 0 spiro atoms. The lowest BCUT2D eigenvalue weighted by Gasteiger charge is -1.98. The standard InChI is InChI=1S/C11H12NS/c1-2-3-4-9-5-6-11-10(7-9)12-8-13-11/h5-8H,1-4H2. The number of thiazole rings is 1. The highest BCUT2D eigenvalue weighted by molar-refractivity contribution is 7.16. The first-order chi connectivity index (χ1) is 6.40. The van der Waals surface area contributed by atoms with Crippen molar-refractivity contribution in [3.8, 4) is 0 Å². The van der Waals surface area contributed by atoms with E-state index in [1.807, 2.05) is 5.51 Å². The Kier molecular flexibility index (Phi) is 2.60. The van der Waals surface area contributed by atoms with Crippen LogP contribution >= 0.6 is 11.3 Å². The van der Waals surface area contributed by atoms with Crippen LogP contribution in [0.15, 0.2) is 23.7 Å². The van der Waals surface area contributed by atoms with E-state index in [0.29, 0.717) is 0 Å². The van der Waals surface area contributed by atoms with E-state index in [1.165, 1.54) is 10.3 Å². The Balaban J connectivity index is 2.26. The van der Waals surface area contributed by atoms with Crippen molar-refractivity contribution >= 4 is 21.6 Å². The highest BCUT2D eigenvalue weighted by Gasteiger charge is 1.97. The summed E-state index contributed by atoms with van der Waals surface area (Å²) in [4.78, 5) is 4.29. The second kappa shape index (κ2) is 3.88. The Labute approximate surface area is 82.4 Å². The molecule has 0 aliphatic carbocycles. The van der Waals surface area contributed by atoms with E-state index in [4.69, 9.17) is 0 Å². The van der Waals surface area contributed by atoms with Gasteiger partial charge in [-0.15, -0.1) is 11.3 Å². The minimum absolute atomic E-state index is 1.01. The normalized spacial score (nSPS) is 10.8. The number of aryl methyl sites for hydroxylation is 1. The van der Waals surface area contributed by atoms with Gasteiger partial charge in [0.25, 0.3) is 0 Å². The van der Waals surface area contributed by atoms with Crippen molar-refractivity contribution < 1.29 is 0 Å². The predicted molar refractivity (Wildman–Crippen MR) is 57.9 cm³/mol. The minimum atomic E-state index is 1.01. The lowest BCUT2D eigenvalue weighted by Crippen LogP contribution is -1.83.